The minimum atomic E-state index is -0.289. The standard InChI is InChI=1S/C10H11BrFNO/c11-6-1-2-7(8(12)5-6)10-9(13)3-4-14-10/h1-2,5,9-10H,3-4,13H2. The Hall–Kier alpha value is -0.450. The van der Waals surface area contributed by atoms with E-state index in [0.717, 1.165) is 10.9 Å². The van der Waals surface area contributed by atoms with Crippen molar-refractivity contribution < 1.29 is 9.13 Å². The smallest absolute Gasteiger partial charge is 0.130 e. The fraction of sp³-hybridized carbons (Fsp3) is 0.400. The molecule has 14 heavy (non-hydrogen) atoms. The van der Waals surface area contributed by atoms with Gasteiger partial charge in [0.15, 0.2) is 0 Å². The van der Waals surface area contributed by atoms with E-state index >= 15 is 0 Å². The molecule has 1 aliphatic rings. The van der Waals surface area contributed by atoms with E-state index in [-0.39, 0.29) is 18.0 Å². The van der Waals surface area contributed by atoms with Gasteiger partial charge in [-0.1, -0.05) is 22.0 Å². The number of hydrogen-bond acceptors (Lipinski definition) is 2. The molecule has 2 N–H and O–H groups in total. The van der Waals surface area contributed by atoms with Crippen molar-refractivity contribution in [2.75, 3.05) is 6.61 Å². The van der Waals surface area contributed by atoms with Gasteiger partial charge in [-0.2, -0.15) is 0 Å². The van der Waals surface area contributed by atoms with Crippen LogP contribution in [0.1, 0.15) is 18.1 Å². The molecule has 4 heteroatoms. The first-order valence-electron chi connectivity index (χ1n) is 4.50. The summed E-state index contributed by atoms with van der Waals surface area (Å²) in [7, 11) is 0. The molecule has 1 fully saturated rings. The summed E-state index contributed by atoms with van der Waals surface area (Å²) in [5, 5.41) is 0. The number of halogens is 2. The summed E-state index contributed by atoms with van der Waals surface area (Å²) in [6.07, 6.45) is 0.503. The van der Waals surface area contributed by atoms with Crippen LogP contribution in [0.3, 0.4) is 0 Å². The van der Waals surface area contributed by atoms with Crippen LogP contribution in [0.15, 0.2) is 22.7 Å². The van der Waals surface area contributed by atoms with Crippen LogP contribution in [0.5, 0.6) is 0 Å². The van der Waals surface area contributed by atoms with Gasteiger partial charge in [-0.05, 0) is 18.6 Å². The van der Waals surface area contributed by atoms with Gasteiger partial charge in [-0.25, -0.2) is 4.39 Å². The van der Waals surface area contributed by atoms with Crippen molar-refractivity contribution in [1.82, 2.24) is 0 Å². The van der Waals surface area contributed by atoms with Crippen LogP contribution in [-0.2, 0) is 4.74 Å². The molecule has 2 nitrogen and oxygen atoms in total. The Labute approximate surface area is 90.4 Å². The molecule has 1 heterocycles. The van der Waals surface area contributed by atoms with E-state index in [1.807, 2.05) is 0 Å². The summed E-state index contributed by atoms with van der Waals surface area (Å²) in [5.74, 6) is -0.262. The average Bonchev–Trinajstić information content (AvgIpc) is 2.52. The number of benzene rings is 1. The molecule has 76 valence electrons. The van der Waals surface area contributed by atoms with E-state index in [1.165, 1.54) is 6.07 Å². The highest BCUT2D eigenvalue weighted by Gasteiger charge is 2.28. The van der Waals surface area contributed by atoms with Gasteiger partial charge in [-0.15, -0.1) is 0 Å². The number of rotatable bonds is 1. The molecule has 0 saturated carbocycles. The predicted molar refractivity (Wildman–Crippen MR) is 55.4 cm³/mol. The third-order valence-corrected chi connectivity index (χ3v) is 2.90. The van der Waals surface area contributed by atoms with Gasteiger partial charge in [0.2, 0.25) is 0 Å². The molecule has 0 amide bonds. The van der Waals surface area contributed by atoms with Crippen molar-refractivity contribution in [3.63, 3.8) is 0 Å². The van der Waals surface area contributed by atoms with Crippen molar-refractivity contribution in [3.8, 4) is 0 Å². The fourth-order valence-electron chi connectivity index (χ4n) is 1.66. The van der Waals surface area contributed by atoms with E-state index in [4.69, 9.17) is 10.5 Å². The molecular formula is C10H11BrFNO. The summed E-state index contributed by atoms with van der Waals surface area (Å²) in [6, 6.07) is 4.86. The molecule has 0 aliphatic carbocycles. The molecule has 0 radical (unpaired) electrons. The van der Waals surface area contributed by atoms with Crippen molar-refractivity contribution in [2.24, 2.45) is 5.73 Å². The molecule has 0 aromatic heterocycles. The maximum atomic E-state index is 13.5. The van der Waals surface area contributed by atoms with Crippen LogP contribution < -0.4 is 5.73 Å². The molecule has 2 unspecified atom stereocenters. The van der Waals surface area contributed by atoms with Crippen LogP contribution >= 0.6 is 15.9 Å². The third kappa shape index (κ3) is 1.82. The second-order valence-electron chi connectivity index (χ2n) is 3.41. The Kier molecular flexibility index (Phi) is 2.85. The van der Waals surface area contributed by atoms with Crippen molar-refractivity contribution >= 4 is 15.9 Å². The summed E-state index contributed by atoms with van der Waals surface area (Å²) >= 11 is 3.21. The number of nitrogens with two attached hydrogens (primary N) is 1. The van der Waals surface area contributed by atoms with Gasteiger partial charge in [0, 0.05) is 22.7 Å². The average molecular weight is 260 g/mol. The van der Waals surface area contributed by atoms with Gasteiger partial charge in [0.1, 0.15) is 11.9 Å². The largest absolute Gasteiger partial charge is 0.372 e. The first-order chi connectivity index (χ1) is 6.68. The summed E-state index contributed by atoms with van der Waals surface area (Å²) in [4.78, 5) is 0. The number of hydrogen-bond donors (Lipinski definition) is 1. The normalized spacial score (nSPS) is 26.8. The van der Waals surface area contributed by atoms with Gasteiger partial charge < -0.3 is 10.5 Å². The molecule has 1 saturated heterocycles. The third-order valence-electron chi connectivity index (χ3n) is 2.41. The van der Waals surface area contributed by atoms with E-state index < -0.39 is 0 Å². The fourth-order valence-corrected chi connectivity index (χ4v) is 1.99. The summed E-state index contributed by atoms with van der Waals surface area (Å²) in [5.41, 5.74) is 6.37. The minimum Gasteiger partial charge on any atom is -0.372 e. The maximum Gasteiger partial charge on any atom is 0.130 e. The molecule has 1 aliphatic heterocycles. The van der Waals surface area contributed by atoms with E-state index in [1.54, 1.807) is 12.1 Å². The van der Waals surface area contributed by atoms with Crippen LogP contribution in [0.2, 0.25) is 0 Å². The Bertz CT molecular complexity index is 345. The molecule has 2 atom stereocenters. The Morgan fingerprint density at radius 3 is 2.86 bits per heavy atom. The SMILES string of the molecule is NC1CCOC1c1ccc(Br)cc1F. The van der Waals surface area contributed by atoms with Crippen molar-refractivity contribution in [3.05, 3.63) is 34.1 Å². The lowest BCUT2D eigenvalue weighted by Gasteiger charge is -2.15. The monoisotopic (exact) mass is 259 g/mol. The quantitative estimate of drug-likeness (QED) is 0.841. The second kappa shape index (κ2) is 3.96. The molecule has 2 rings (SSSR count). The van der Waals surface area contributed by atoms with Crippen LogP contribution in [0, 0.1) is 5.82 Å². The van der Waals surface area contributed by atoms with Gasteiger partial charge in [-0.3, -0.25) is 0 Å². The molecule has 1 aromatic rings. The highest BCUT2D eigenvalue weighted by molar-refractivity contribution is 9.10. The lowest BCUT2D eigenvalue weighted by atomic mass is 10.0. The first-order valence-corrected chi connectivity index (χ1v) is 5.30. The number of ether oxygens (including phenoxy) is 1. The highest BCUT2D eigenvalue weighted by Crippen LogP contribution is 2.30. The summed E-state index contributed by atoms with van der Waals surface area (Å²) < 4.78 is 19.6. The molecule has 0 spiro atoms. The van der Waals surface area contributed by atoms with Gasteiger partial charge in [0.25, 0.3) is 0 Å². The van der Waals surface area contributed by atoms with Gasteiger partial charge in [0.05, 0.1) is 0 Å². The molecule has 0 bridgehead atoms. The second-order valence-corrected chi connectivity index (χ2v) is 4.33. The lowest BCUT2D eigenvalue weighted by molar-refractivity contribution is 0.102. The van der Waals surface area contributed by atoms with Crippen molar-refractivity contribution in [1.29, 1.82) is 0 Å². The topological polar surface area (TPSA) is 35.2 Å². The summed E-state index contributed by atoms with van der Waals surface area (Å²) in [6.45, 7) is 0.612. The Morgan fingerprint density at radius 2 is 2.29 bits per heavy atom. The zero-order valence-corrected chi connectivity index (χ0v) is 9.13. The highest BCUT2D eigenvalue weighted by atomic mass is 79.9. The lowest BCUT2D eigenvalue weighted by Crippen LogP contribution is -2.24. The zero-order valence-electron chi connectivity index (χ0n) is 7.54. The minimum absolute atomic E-state index is 0.0920. The van der Waals surface area contributed by atoms with Crippen LogP contribution in [0.4, 0.5) is 4.39 Å². The zero-order chi connectivity index (χ0) is 10.1. The van der Waals surface area contributed by atoms with E-state index in [2.05, 4.69) is 15.9 Å². The van der Waals surface area contributed by atoms with E-state index in [0.29, 0.717) is 12.2 Å². The molecule has 1 aromatic carbocycles. The first kappa shape index (κ1) is 10.1. The Balaban J connectivity index is 2.31. The van der Waals surface area contributed by atoms with Gasteiger partial charge >= 0.3 is 0 Å². The van der Waals surface area contributed by atoms with Crippen LogP contribution in [0.25, 0.3) is 0 Å². The van der Waals surface area contributed by atoms with Crippen molar-refractivity contribution in [2.45, 2.75) is 18.6 Å². The molecular weight excluding hydrogens is 249 g/mol. The maximum absolute atomic E-state index is 13.5. The predicted octanol–water partition coefficient (Wildman–Crippen LogP) is 2.38. The van der Waals surface area contributed by atoms with Crippen LogP contribution in [-0.4, -0.2) is 12.6 Å². The Morgan fingerprint density at radius 1 is 1.50 bits per heavy atom. The van der Waals surface area contributed by atoms with E-state index in [9.17, 15) is 4.39 Å².